The predicted octanol–water partition coefficient (Wildman–Crippen LogP) is 3.44. The molecule has 88 valence electrons. The van der Waals surface area contributed by atoms with Gasteiger partial charge in [-0.1, -0.05) is 18.2 Å². The molecule has 2 aromatic rings. The summed E-state index contributed by atoms with van der Waals surface area (Å²) in [6.45, 7) is 3.92. The minimum Gasteiger partial charge on any atom is -0.381 e. The van der Waals surface area contributed by atoms with Crippen molar-refractivity contribution < 1.29 is 4.74 Å². The molecule has 0 aliphatic carbocycles. The van der Waals surface area contributed by atoms with Crippen LogP contribution in [0.1, 0.15) is 30.0 Å². The third kappa shape index (κ3) is 2.05. The van der Waals surface area contributed by atoms with Gasteiger partial charge in [0.1, 0.15) is 0 Å². The molecule has 2 heteroatoms. The Labute approximate surface area is 102 Å². The number of hydrogen-bond donors (Lipinski definition) is 0. The molecule has 1 fully saturated rings. The maximum absolute atomic E-state index is 5.41. The minimum absolute atomic E-state index is 0.576. The second-order valence-electron chi connectivity index (χ2n) is 4.77. The van der Waals surface area contributed by atoms with Gasteiger partial charge in [-0.2, -0.15) is 0 Å². The lowest BCUT2D eigenvalue weighted by Gasteiger charge is -2.22. The number of aromatic nitrogens is 1. The summed E-state index contributed by atoms with van der Waals surface area (Å²) in [5, 5.41) is 1.27. The highest BCUT2D eigenvalue weighted by Crippen LogP contribution is 2.28. The van der Waals surface area contributed by atoms with E-state index in [0.717, 1.165) is 31.6 Å². The van der Waals surface area contributed by atoms with Crippen LogP contribution in [0.4, 0.5) is 0 Å². The highest BCUT2D eigenvalue weighted by molar-refractivity contribution is 5.82. The van der Waals surface area contributed by atoms with Crippen molar-refractivity contribution in [1.82, 2.24) is 4.98 Å². The Morgan fingerprint density at radius 1 is 1.18 bits per heavy atom. The normalized spacial score (nSPS) is 17.5. The smallest absolute Gasteiger partial charge is 0.0708 e. The first-order valence-corrected chi connectivity index (χ1v) is 6.28. The van der Waals surface area contributed by atoms with Gasteiger partial charge in [0.25, 0.3) is 0 Å². The number of aryl methyl sites for hydroxylation is 1. The van der Waals surface area contributed by atoms with Gasteiger partial charge in [0.15, 0.2) is 0 Å². The average molecular weight is 227 g/mol. The molecule has 1 aromatic heterocycles. The van der Waals surface area contributed by atoms with Gasteiger partial charge in [0.2, 0.25) is 0 Å². The van der Waals surface area contributed by atoms with Crippen LogP contribution in [-0.4, -0.2) is 18.2 Å². The van der Waals surface area contributed by atoms with Gasteiger partial charge in [0.05, 0.1) is 5.52 Å². The quantitative estimate of drug-likeness (QED) is 0.744. The second kappa shape index (κ2) is 4.46. The van der Waals surface area contributed by atoms with Crippen molar-refractivity contribution in [2.45, 2.75) is 25.7 Å². The summed E-state index contributed by atoms with van der Waals surface area (Å²) in [7, 11) is 0. The number of rotatable bonds is 1. The molecule has 1 aliphatic heterocycles. The fraction of sp³-hybridized carbons (Fsp3) is 0.400. The largest absolute Gasteiger partial charge is 0.381 e. The Bertz CT molecular complexity index is 529. The first-order valence-electron chi connectivity index (χ1n) is 6.28. The molecule has 1 saturated heterocycles. The molecule has 1 aromatic carbocycles. The van der Waals surface area contributed by atoms with Crippen LogP contribution in [0.2, 0.25) is 0 Å². The van der Waals surface area contributed by atoms with Crippen LogP contribution >= 0.6 is 0 Å². The Balaban J connectivity index is 2.05. The van der Waals surface area contributed by atoms with Crippen LogP contribution in [0.15, 0.2) is 30.3 Å². The Morgan fingerprint density at radius 3 is 2.76 bits per heavy atom. The van der Waals surface area contributed by atoms with Crippen LogP contribution < -0.4 is 0 Å². The number of benzene rings is 1. The minimum atomic E-state index is 0.576. The van der Waals surface area contributed by atoms with Crippen molar-refractivity contribution in [3.05, 3.63) is 41.6 Å². The van der Waals surface area contributed by atoms with E-state index in [2.05, 4.69) is 37.3 Å². The first-order chi connectivity index (χ1) is 8.34. The summed E-state index contributed by atoms with van der Waals surface area (Å²) in [6.07, 6.45) is 2.20. The van der Waals surface area contributed by atoms with Gasteiger partial charge < -0.3 is 4.74 Å². The Kier molecular flexibility index (Phi) is 2.81. The zero-order valence-electron chi connectivity index (χ0n) is 10.1. The standard InChI is InChI=1S/C15H17NO/c1-11-10-15(12-6-8-17-9-7-12)16-14-5-3-2-4-13(11)14/h2-5,10,12H,6-9H2,1H3. The molecule has 1 aliphatic rings. The predicted molar refractivity (Wildman–Crippen MR) is 69.3 cm³/mol. The molecular weight excluding hydrogens is 210 g/mol. The fourth-order valence-corrected chi connectivity index (χ4v) is 2.58. The first kappa shape index (κ1) is 10.7. The van der Waals surface area contributed by atoms with Crippen molar-refractivity contribution in [2.24, 2.45) is 0 Å². The van der Waals surface area contributed by atoms with E-state index in [9.17, 15) is 0 Å². The summed E-state index contributed by atoms with van der Waals surface area (Å²) in [4.78, 5) is 4.80. The molecule has 0 amide bonds. The van der Waals surface area contributed by atoms with Crippen molar-refractivity contribution in [2.75, 3.05) is 13.2 Å². The molecule has 0 bridgehead atoms. The zero-order chi connectivity index (χ0) is 11.7. The van der Waals surface area contributed by atoms with Gasteiger partial charge in [-0.05, 0) is 37.5 Å². The van der Waals surface area contributed by atoms with Crippen LogP contribution in [0.5, 0.6) is 0 Å². The molecule has 2 heterocycles. The summed E-state index contributed by atoms with van der Waals surface area (Å²) in [6, 6.07) is 10.6. The molecule has 0 N–H and O–H groups in total. The number of nitrogens with zero attached hydrogens (tertiary/aromatic N) is 1. The Hall–Kier alpha value is -1.41. The number of fused-ring (bicyclic) bond motifs is 1. The molecule has 0 radical (unpaired) electrons. The molecule has 0 saturated carbocycles. The van der Waals surface area contributed by atoms with E-state index in [-0.39, 0.29) is 0 Å². The monoisotopic (exact) mass is 227 g/mol. The van der Waals surface area contributed by atoms with E-state index in [0.29, 0.717) is 5.92 Å². The molecular formula is C15H17NO. The third-order valence-electron chi connectivity index (χ3n) is 3.58. The van der Waals surface area contributed by atoms with Crippen molar-refractivity contribution in [1.29, 1.82) is 0 Å². The van der Waals surface area contributed by atoms with Gasteiger partial charge in [-0.3, -0.25) is 4.98 Å². The van der Waals surface area contributed by atoms with Crippen LogP contribution in [0.25, 0.3) is 10.9 Å². The lowest BCUT2D eigenvalue weighted by Crippen LogP contribution is -2.15. The topological polar surface area (TPSA) is 22.1 Å². The maximum atomic E-state index is 5.41. The number of hydrogen-bond acceptors (Lipinski definition) is 2. The van der Waals surface area contributed by atoms with Gasteiger partial charge in [-0.15, -0.1) is 0 Å². The van der Waals surface area contributed by atoms with Crippen LogP contribution in [0.3, 0.4) is 0 Å². The molecule has 0 atom stereocenters. The van der Waals surface area contributed by atoms with E-state index in [1.165, 1.54) is 16.6 Å². The van der Waals surface area contributed by atoms with E-state index >= 15 is 0 Å². The van der Waals surface area contributed by atoms with E-state index in [1.54, 1.807) is 0 Å². The molecule has 0 unspecified atom stereocenters. The van der Waals surface area contributed by atoms with Crippen molar-refractivity contribution >= 4 is 10.9 Å². The maximum Gasteiger partial charge on any atom is 0.0708 e. The summed E-state index contributed by atoms with van der Waals surface area (Å²) in [5.74, 6) is 0.576. The second-order valence-corrected chi connectivity index (χ2v) is 4.77. The zero-order valence-corrected chi connectivity index (χ0v) is 10.1. The highest BCUT2D eigenvalue weighted by Gasteiger charge is 2.17. The van der Waals surface area contributed by atoms with E-state index in [4.69, 9.17) is 9.72 Å². The van der Waals surface area contributed by atoms with Gasteiger partial charge in [0, 0.05) is 30.2 Å². The van der Waals surface area contributed by atoms with Crippen molar-refractivity contribution in [3.63, 3.8) is 0 Å². The fourth-order valence-electron chi connectivity index (χ4n) is 2.58. The van der Waals surface area contributed by atoms with Gasteiger partial charge in [-0.25, -0.2) is 0 Å². The van der Waals surface area contributed by atoms with E-state index < -0.39 is 0 Å². The SMILES string of the molecule is Cc1cc(C2CCOCC2)nc2ccccc12. The van der Waals surface area contributed by atoms with Crippen molar-refractivity contribution in [3.8, 4) is 0 Å². The number of ether oxygens (including phenoxy) is 1. The molecule has 3 rings (SSSR count). The average Bonchev–Trinajstić information content (AvgIpc) is 2.40. The van der Waals surface area contributed by atoms with Crippen LogP contribution in [0, 0.1) is 6.92 Å². The third-order valence-corrected chi connectivity index (χ3v) is 3.58. The lowest BCUT2D eigenvalue weighted by molar-refractivity contribution is 0.0845. The van der Waals surface area contributed by atoms with E-state index in [1.807, 2.05) is 0 Å². The summed E-state index contributed by atoms with van der Waals surface area (Å²) >= 11 is 0. The number of pyridine rings is 1. The molecule has 17 heavy (non-hydrogen) atoms. The van der Waals surface area contributed by atoms with Crippen LogP contribution in [-0.2, 0) is 4.74 Å². The molecule has 2 nitrogen and oxygen atoms in total. The lowest BCUT2D eigenvalue weighted by atomic mass is 9.94. The Morgan fingerprint density at radius 2 is 1.94 bits per heavy atom. The highest BCUT2D eigenvalue weighted by atomic mass is 16.5. The number of para-hydroxylation sites is 1. The van der Waals surface area contributed by atoms with Gasteiger partial charge >= 0.3 is 0 Å². The summed E-state index contributed by atoms with van der Waals surface area (Å²) < 4.78 is 5.41. The molecule has 0 spiro atoms. The summed E-state index contributed by atoms with van der Waals surface area (Å²) in [5.41, 5.74) is 3.69.